The minimum atomic E-state index is -0.704. The Hall–Kier alpha value is -2.54. The van der Waals surface area contributed by atoms with Crippen LogP contribution in [-0.4, -0.2) is 47.0 Å². The van der Waals surface area contributed by atoms with E-state index >= 15 is 0 Å². The number of rotatable bonds is 3. The molecule has 7 heteroatoms. The fourth-order valence-electron chi connectivity index (χ4n) is 2.68. The Morgan fingerprint density at radius 2 is 2.26 bits per heavy atom. The molecule has 1 saturated heterocycles. The number of halogens is 1. The molecule has 1 atom stereocenters. The van der Waals surface area contributed by atoms with Crippen LogP contribution < -0.4 is 10.9 Å². The van der Waals surface area contributed by atoms with Gasteiger partial charge in [0.1, 0.15) is 0 Å². The smallest absolute Gasteiger partial charge is 0.273 e. The van der Waals surface area contributed by atoms with E-state index in [4.69, 9.17) is 0 Å². The van der Waals surface area contributed by atoms with Crippen LogP contribution in [-0.2, 0) is 0 Å². The highest BCUT2D eigenvalue weighted by atomic mass is 19.1. The van der Waals surface area contributed by atoms with Crippen LogP contribution in [0, 0.1) is 5.82 Å². The fraction of sp³-hybridized carbons (Fsp3) is 0.312. The summed E-state index contributed by atoms with van der Waals surface area (Å²) in [6, 6.07) is 5.75. The molecule has 0 aromatic carbocycles. The van der Waals surface area contributed by atoms with Gasteiger partial charge >= 0.3 is 0 Å². The Labute approximate surface area is 132 Å². The monoisotopic (exact) mass is 316 g/mol. The average Bonchev–Trinajstić information content (AvgIpc) is 2.93. The van der Waals surface area contributed by atoms with Crippen molar-refractivity contribution < 1.29 is 9.18 Å². The highest BCUT2D eigenvalue weighted by Crippen LogP contribution is 2.15. The number of aromatic nitrogens is 2. The molecule has 2 aromatic heterocycles. The van der Waals surface area contributed by atoms with Gasteiger partial charge in [-0.25, -0.2) is 9.37 Å². The van der Waals surface area contributed by atoms with Crippen molar-refractivity contribution in [3.8, 4) is 11.3 Å². The van der Waals surface area contributed by atoms with Crippen LogP contribution in [0.15, 0.2) is 35.3 Å². The first-order valence-electron chi connectivity index (χ1n) is 7.38. The van der Waals surface area contributed by atoms with E-state index in [9.17, 15) is 14.0 Å². The molecule has 1 aliphatic rings. The minimum absolute atomic E-state index is 0.0162. The molecule has 120 valence electrons. The summed E-state index contributed by atoms with van der Waals surface area (Å²) in [6.45, 7) is 1.62. The third-order valence-electron chi connectivity index (χ3n) is 3.88. The lowest BCUT2D eigenvalue weighted by Gasteiger charge is -2.13. The second-order valence-corrected chi connectivity index (χ2v) is 5.66. The zero-order valence-corrected chi connectivity index (χ0v) is 12.7. The van der Waals surface area contributed by atoms with E-state index in [2.05, 4.69) is 20.2 Å². The zero-order chi connectivity index (χ0) is 16.4. The summed E-state index contributed by atoms with van der Waals surface area (Å²) in [7, 11) is 1.97. The van der Waals surface area contributed by atoms with E-state index in [1.165, 1.54) is 12.3 Å². The van der Waals surface area contributed by atoms with Crippen molar-refractivity contribution in [2.24, 2.45) is 0 Å². The summed E-state index contributed by atoms with van der Waals surface area (Å²) in [6.07, 6.45) is 2.32. The largest absolute Gasteiger partial charge is 0.347 e. The van der Waals surface area contributed by atoms with Gasteiger partial charge in [-0.2, -0.15) is 0 Å². The zero-order valence-electron chi connectivity index (χ0n) is 12.7. The van der Waals surface area contributed by atoms with Gasteiger partial charge in [0.15, 0.2) is 11.5 Å². The Morgan fingerprint density at radius 3 is 2.96 bits per heavy atom. The molecule has 1 fully saturated rings. The Kier molecular flexibility index (Phi) is 4.20. The van der Waals surface area contributed by atoms with Crippen LogP contribution in [0.1, 0.15) is 16.9 Å². The molecular weight excluding hydrogens is 299 g/mol. The third-order valence-corrected chi connectivity index (χ3v) is 3.88. The lowest BCUT2D eigenvalue weighted by molar-refractivity contribution is 0.0929. The maximum absolute atomic E-state index is 14.0. The van der Waals surface area contributed by atoms with Crippen molar-refractivity contribution in [3.63, 3.8) is 0 Å². The number of carbonyl (C=O) groups is 1. The summed E-state index contributed by atoms with van der Waals surface area (Å²) in [5.41, 5.74) is -0.0696. The lowest BCUT2D eigenvalue weighted by atomic mass is 10.1. The quantitative estimate of drug-likeness (QED) is 0.886. The summed E-state index contributed by atoms with van der Waals surface area (Å²) in [5, 5.41) is 2.79. The van der Waals surface area contributed by atoms with Crippen LogP contribution >= 0.6 is 0 Å². The standard InChI is InChI=1S/C16H17FN4O2/c1-21-8-6-10(9-21)19-16(23)14-12(17)4-5-13(20-14)11-3-2-7-18-15(11)22/h2-5,7,10H,6,8-9H2,1H3,(H,18,22)(H,19,23)/t10-/m1/s1. The predicted octanol–water partition coefficient (Wildman–Crippen LogP) is 1.01. The highest BCUT2D eigenvalue weighted by Gasteiger charge is 2.24. The van der Waals surface area contributed by atoms with Gasteiger partial charge in [-0.1, -0.05) is 0 Å². The van der Waals surface area contributed by atoms with Crippen LogP contribution in [0.2, 0.25) is 0 Å². The Bertz CT molecular complexity index is 790. The van der Waals surface area contributed by atoms with Crippen LogP contribution in [0.5, 0.6) is 0 Å². The van der Waals surface area contributed by atoms with Gasteiger partial charge in [-0.15, -0.1) is 0 Å². The molecule has 0 saturated carbocycles. The van der Waals surface area contributed by atoms with Crippen molar-refractivity contribution in [1.82, 2.24) is 20.2 Å². The number of carbonyl (C=O) groups excluding carboxylic acids is 1. The molecule has 2 aromatic rings. The fourth-order valence-corrected chi connectivity index (χ4v) is 2.68. The molecule has 1 aliphatic heterocycles. The Balaban J connectivity index is 1.87. The van der Waals surface area contributed by atoms with E-state index in [1.54, 1.807) is 12.1 Å². The van der Waals surface area contributed by atoms with E-state index in [-0.39, 0.29) is 23.0 Å². The second kappa shape index (κ2) is 6.29. The van der Waals surface area contributed by atoms with Crippen molar-refractivity contribution in [2.45, 2.75) is 12.5 Å². The van der Waals surface area contributed by atoms with Crippen molar-refractivity contribution in [2.75, 3.05) is 20.1 Å². The topological polar surface area (TPSA) is 78.1 Å². The molecular formula is C16H17FN4O2. The number of pyridine rings is 2. The molecule has 6 nitrogen and oxygen atoms in total. The average molecular weight is 316 g/mol. The van der Waals surface area contributed by atoms with Gasteiger partial charge in [-0.3, -0.25) is 9.59 Å². The molecule has 0 aliphatic carbocycles. The van der Waals surface area contributed by atoms with Crippen LogP contribution in [0.25, 0.3) is 11.3 Å². The maximum atomic E-state index is 14.0. The van der Waals surface area contributed by atoms with Crippen molar-refractivity contribution in [1.29, 1.82) is 0 Å². The predicted molar refractivity (Wildman–Crippen MR) is 83.6 cm³/mol. The number of H-pyrrole nitrogens is 1. The van der Waals surface area contributed by atoms with E-state index in [0.29, 0.717) is 5.56 Å². The van der Waals surface area contributed by atoms with Gasteiger partial charge in [-0.05, 0) is 44.3 Å². The first kappa shape index (κ1) is 15.4. The van der Waals surface area contributed by atoms with Gasteiger partial charge in [0.2, 0.25) is 0 Å². The molecule has 0 bridgehead atoms. The number of hydrogen-bond donors (Lipinski definition) is 2. The first-order valence-corrected chi connectivity index (χ1v) is 7.38. The number of likely N-dealkylation sites (N-methyl/N-ethyl adjacent to an activating group) is 1. The molecule has 3 heterocycles. The summed E-state index contributed by atoms with van der Waals surface area (Å²) < 4.78 is 14.0. The molecule has 3 rings (SSSR count). The van der Waals surface area contributed by atoms with Gasteiger partial charge in [0.25, 0.3) is 11.5 Å². The molecule has 1 amide bonds. The summed E-state index contributed by atoms with van der Waals surface area (Å²) in [4.78, 5) is 32.7. The molecule has 23 heavy (non-hydrogen) atoms. The molecule has 0 radical (unpaired) electrons. The first-order chi connectivity index (χ1) is 11.0. The molecule has 2 N–H and O–H groups in total. The van der Waals surface area contributed by atoms with E-state index in [0.717, 1.165) is 25.6 Å². The second-order valence-electron chi connectivity index (χ2n) is 5.66. The van der Waals surface area contributed by atoms with E-state index < -0.39 is 11.7 Å². The van der Waals surface area contributed by atoms with Crippen LogP contribution in [0.3, 0.4) is 0 Å². The number of nitrogens with one attached hydrogen (secondary N) is 2. The lowest BCUT2D eigenvalue weighted by Crippen LogP contribution is -2.37. The van der Waals surface area contributed by atoms with Gasteiger partial charge < -0.3 is 15.2 Å². The number of aromatic amines is 1. The third kappa shape index (κ3) is 3.29. The number of amides is 1. The number of likely N-dealkylation sites (tertiary alicyclic amines) is 1. The Morgan fingerprint density at radius 1 is 1.43 bits per heavy atom. The van der Waals surface area contributed by atoms with Crippen LogP contribution in [0.4, 0.5) is 4.39 Å². The highest BCUT2D eigenvalue weighted by molar-refractivity contribution is 5.93. The number of hydrogen-bond acceptors (Lipinski definition) is 4. The normalized spacial score (nSPS) is 18.1. The summed E-state index contributed by atoms with van der Waals surface area (Å²) in [5.74, 6) is -1.26. The van der Waals surface area contributed by atoms with Crippen molar-refractivity contribution in [3.05, 3.63) is 52.3 Å². The molecule has 0 unspecified atom stereocenters. The van der Waals surface area contributed by atoms with Crippen molar-refractivity contribution >= 4 is 5.91 Å². The van der Waals surface area contributed by atoms with Gasteiger partial charge in [0.05, 0.1) is 11.3 Å². The summed E-state index contributed by atoms with van der Waals surface area (Å²) >= 11 is 0. The van der Waals surface area contributed by atoms with E-state index in [1.807, 2.05) is 7.05 Å². The minimum Gasteiger partial charge on any atom is -0.347 e. The van der Waals surface area contributed by atoms with Gasteiger partial charge in [0, 0.05) is 18.8 Å². The molecule has 0 spiro atoms. The maximum Gasteiger partial charge on any atom is 0.273 e. The number of nitrogens with zero attached hydrogens (tertiary/aromatic N) is 2. The SMILES string of the molecule is CN1CC[C@@H](NC(=O)c2nc(-c3ccc[nH]c3=O)ccc2F)C1.